The van der Waals surface area contributed by atoms with Crippen LogP contribution in [0.5, 0.6) is 0 Å². The summed E-state index contributed by atoms with van der Waals surface area (Å²) in [5, 5.41) is 2.13. The van der Waals surface area contributed by atoms with Gasteiger partial charge in [0.2, 0.25) is 0 Å². The molecule has 0 spiro atoms. The Balaban J connectivity index is 2.74. The Hall–Kier alpha value is -1.04. The third-order valence-corrected chi connectivity index (χ3v) is 2.25. The summed E-state index contributed by atoms with van der Waals surface area (Å²) in [6.45, 7) is 1.74. The van der Waals surface area contributed by atoms with Gasteiger partial charge in [0, 0.05) is 17.6 Å². The number of nitrogens with one attached hydrogen (secondary N) is 1. The maximum atomic E-state index is 12.5. The zero-order valence-corrected chi connectivity index (χ0v) is 10.4. The first-order valence-corrected chi connectivity index (χ1v) is 5.37. The number of aryl methyl sites for hydroxylation is 1. The molecule has 0 atom stereocenters. The number of rotatable bonds is 3. The highest BCUT2D eigenvalue weighted by Gasteiger charge is 2.22. The Labute approximate surface area is 100 Å². The number of carbonyl (C=O) groups is 1. The maximum absolute atomic E-state index is 12.5. The number of hydrogen-bond acceptors (Lipinski definition) is 2. The summed E-state index contributed by atoms with van der Waals surface area (Å²) < 4.78 is 25.8. The van der Waals surface area contributed by atoms with E-state index in [1.165, 1.54) is 6.20 Å². The molecule has 3 nitrogen and oxygen atoms in total. The largest absolute Gasteiger partial charge is 0.345 e. The first-order chi connectivity index (χ1) is 7.29. The van der Waals surface area contributed by atoms with Crippen LogP contribution in [-0.4, -0.2) is 23.4 Å². The molecule has 0 aliphatic rings. The summed E-state index contributed by atoms with van der Waals surface area (Å²) >= 11 is 3.20. The Morgan fingerprint density at radius 1 is 1.62 bits per heavy atom. The van der Waals surface area contributed by atoms with E-state index >= 15 is 0 Å². The van der Waals surface area contributed by atoms with Crippen molar-refractivity contribution in [1.29, 1.82) is 0 Å². The Kier molecular flexibility index (Phi) is 3.96. The molecule has 1 amide bonds. The van der Waals surface area contributed by atoms with Gasteiger partial charge < -0.3 is 5.32 Å². The zero-order chi connectivity index (χ0) is 12.3. The topological polar surface area (TPSA) is 42.0 Å². The maximum Gasteiger partial charge on any atom is 0.270 e. The van der Waals surface area contributed by atoms with Crippen molar-refractivity contribution in [2.24, 2.45) is 0 Å². The molecule has 0 unspecified atom stereocenters. The summed E-state index contributed by atoms with van der Waals surface area (Å²) in [7, 11) is 0. The van der Waals surface area contributed by atoms with Crippen LogP contribution in [0.15, 0.2) is 16.7 Å². The van der Waals surface area contributed by atoms with E-state index in [0.717, 1.165) is 11.4 Å². The quantitative estimate of drug-likeness (QED) is 0.930. The number of aromatic nitrogens is 1. The van der Waals surface area contributed by atoms with Crippen molar-refractivity contribution in [1.82, 2.24) is 10.3 Å². The number of hydrogen-bond donors (Lipinski definition) is 1. The van der Waals surface area contributed by atoms with Crippen LogP contribution in [0.4, 0.5) is 8.78 Å². The molecular formula is C10H11BrF2N2O. The van der Waals surface area contributed by atoms with E-state index in [4.69, 9.17) is 0 Å². The van der Waals surface area contributed by atoms with Crippen LogP contribution in [0.1, 0.15) is 23.0 Å². The molecule has 0 aliphatic carbocycles. The van der Waals surface area contributed by atoms with Crippen molar-refractivity contribution in [3.8, 4) is 0 Å². The fourth-order valence-electron chi connectivity index (χ4n) is 1.10. The molecule has 1 rings (SSSR count). The number of carbonyl (C=O) groups excluding carboxylic acids is 1. The second-order valence-electron chi connectivity index (χ2n) is 3.57. The minimum absolute atomic E-state index is 0.160. The second-order valence-corrected chi connectivity index (χ2v) is 4.49. The Bertz CT molecular complexity index is 404. The van der Waals surface area contributed by atoms with E-state index in [1.807, 2.05) is 0 Å². The van der Waals surface area contributed by atoms with Crippen molar-refractivity contribution in [2.45, 2.75) is 19.8 Å². The summed E-state index contributed by atoms with van der Waals surface area (Å²) in [5.74, 6) is -3.51. The molecule has 1 aromatic rings. The predicted molar refractivity (Wildman–Crippen MR) is 59.6 cm³/mol. The number of amides is 1. The van der Waals surface area contributed by atoms with Crippen molar-refractivity contribution in [2.75, 3.05) is 6.54 Å². The van der Waals surface area contributed by atoms with E-state index in [0.29, 0.717) is 5.56 Å². The summed E-state index contributed by atoms with van der Waals surface area (Å²) in [6.07, 6.45) is 1.45. The van der Waals surface area contributed by atoms with E-state index < -0.39 is 18.4 Å². The monoisotopic (exact) mass is 292 g/mol. The molecule has 0 saturated heterocycles. The highest BCUT2D eigenvalue weighted by atomic mass is 79.9. The van der Waals surface area contributed by atoms with Crippen LogP contribution in [0.25, 0.3) is 0 Å². The fraction of sp³-hybridized carbons (Fsp3) is 0.400. The average molecular weight is 293 g/mol. The highest BCUT2D eigenvalue weighted by molar-refractivity contribution is 9.10. The van der Waals surface area contributed by atoms with Gasteiger partial charge in [0.25, 0.3) is 11.8 Å². The lowest BCUT2D eigenvalue weighted by Crippen LogP contribution is -2.35. The zero-order valence-electron chi connectivity index (χ0n) is 8.85. The van der Waals surface area contributed by atoms with Crippen molar-refractivity contribution in [3.63, 3.8) is 0 Å². The molecule has 0 radical (unpaired) electrons. The molecule has 16 heavy (non-hydrogen) atoms. The van der Waals surface area contributed by atoms with Crippen molar-refractivity contribution >= 4 is 21.8 Å². The van der Waals surface area contributed by atoms with Crippen LogP contribution in [0.2, 0.25) is 0 Å². The fourth-order valence-corrected chi connectivity index (χ4v) is 1.54. The summed E-state index contributed by atoms with van der Waals surface area (Å²) in [5.41, 5.74) is 0.791. The van der Waals surface area contributed by atoms with Crippen LogP contribution < -0.4 is 5.32 Å². The van der Waals surface area contributed by atoms with Crippen molar-refractivity contribution in [3.05, 3.63) is 28.0 Å². The van der Waals surface area contributed by atoms with Gasteiger partial charge in [-0.15, -0.1) is 0 Å². The molecule has 0 fully saturated rings. The molecule has 0 aromatic carbocycles. The Morgan fingerprint density at radius 2 is 2.25 bits per heavy atom. The van der Waals surface area contributed by atoms with Gasteiger partial charge in [-0.3, -0.25) is 4.79 Å². The first kappa shape index (κ1) is 13.0. The lowest BCUT2D eigenvalue weighted by Gasteiger charge is -2.11. The van der Waals surface area contributed by atoms with Gasteiger partial charge in [0.1, 0.15) is 5.69 Å². The molecule has 6 heteroatoms. The van der Waals surface area contributed by atoms with E-state index in [2.05, 4.69) is 26.2 Å². The second kappa shape index (κ2) is 4.86. The number of pyridine rings is 1. The summed E-state index contributed by atoms with van der Waals surface area (Å²) in [4.78, 5) is 15.4. The molecular weight excluding hydrogens is 282 g/mol. The number of alkyl halides is 2. The number of nitrogens with zero attached hydrogens (tertiary/aromatic N) is 1. The molecule has 88 valence electrons. The predicted octanol–water partition coefficient (Wildman–Crippen LogP) is 2.54. The normalized spacial score (nSPS) is 11.3. The van der Waals surface area contributed by atoms with E-state index in [1.54, 1.807) is 13.0 Å². The minimum atomic E-state index is -2.92. The summed E-state index contributed by atoms with van der Waals surface area (Å²) in [6, 6.07) is 1.70. The number of halogens is 3. The third kappa shape index (κ3) is 3.84. The lowest BCUT2D eigenvalue weighted by atomic mass is 10.2. The third-order valence-electron chi connectivity index (χ3n) is 1.82. The van der Waals surface area contributed by atoms with Crippen LogP contribution in [0, 0.1) is 6.92 Å². The molecule has 1 N–H and O–H groups in total. The van der Waals surface area contributed by atoms with Gasteiger partial charge in [0.05, 0.1) is 6.54 Å². The van der Waals surface area contributed by atoms with Crippen molar-refractivity contribution < 1.29 is 13.6 Å². The van der Waals surface area contributed by atoms with Gasteiger partial charge in [-0.2, -0.15) is 0 Å². The van der Waals surface area contributed by atoms with Gasteiger partial charge in [-0.25, -0.2) is 13.8 Å². The lowest BCUT2D eigenvalue weighted by molar-refractivity contribution is 0.0220. The van der Waals surface area contributed by atoms with Gasteiger partial charge >= 0.3 is 0 Å². The SMILES string of the molecule is Cc1cc(Br)cnc1C(=O)NCC(C)(F)F. The molecule has 0 bridgehead atoms. The smallest absolute Gasteiger partial charge is 0.270 e. The van der Waals surface area contributed by atoms with Gasteiger partial charge in [0.15, 0.2) is 0 Å². The molecule has 0 aliphatic heterocycles. The molecule has 1 heterocycles. The average Bonchev–Trinajstić information content (AvgIpc) is 2.13. The van der Waals surface area contributed by atoms with Crippen LogP contribution in [-0.2, 0) is 0 Å². The van der Waals surface area contributed by atoms with Crippen LogP contribution >= 0.6 is 15.9 Å². The van der Waals surface area contributed by atoms with Crippen LogP contribution in [0.3, 0.4) is 0 Å². The first-order valence-electron chi connectivity index (χ1n) is 4.58. The molecule has 1 aromatic heterocycles. The molecule has 0 saturated carbocycles. The standard InChI is InChI=1S/C10H11BrF2N2O/c1-6-3-7(11)4-14-8(6)9(16)15-5-10(2,12)13/h3-4H,5H2,1-2H3,(H,15,16). The van der Waals surface area contributed by atoms with E-state index in [9.17, 15) is 13.6 Å². The van der Waals surface area contributed by atoms with Gasteiger partial charge in [-0.1, -0.05) is 0 Å². The Morgan fingerprint density at radius 3 is 2.75 bits per heavy atom. The van der Waals surface area contributed by atoms with E-state index in [-0.39, 0.29) is 5.69 Å². The van der Waals surface area contributed by atoms with Gasteiger partial charge in [-0.05, 0) is 34.5 Å². The highest BCUT2D eigenvalue weighted by Crippen LogP contribution is 2.14. The minimum Gasteiger partial charge on any atom is -0.345 e.